The minimum Gasteiger partial charge on any atom is -0.296 e. The van der Waals surface area contributed by atoms with Gasteiger partial charge in [-0.3, -0.25) is 4.90 Å². The molecule has 1 unspecified atom stereocenters. The molecule has 22 heavy (non-hydrogen) atoms. The van der Waals surface area contributed by atoms with E-state index in [1.165, 1.54) is 43.4 Å². The van der Waals surface area contributed by atoms with Crippen LogP contribution in [0.3, 0.4) is 0 Å². The summed E-state index contributed by atoms with van der Waals surface area (Å²) < 4.78 is 0. The van der Waals surface area contributed by atoms with Crippen LogP contribution in [-0.2, 0) is 13.0 Å². The molecule has 1 saturated heterocycles. The molecule has 116 valence electrons. The Morgan fingerprint density at radius 1 is 0.864 bits per heavy atom. The largest absolute Gasteiger partial charge is 0.296 e. The number of hydrogen-bond acceptors (Lipinski definition) is 1. The first-order valence-corrected chi connectivity index (χ1v) is 8.71. The number of halogens is 1. The molecular formula is C20H24ClN. The molecule has 1 fully saturated rings. The third-order valence-corrected chi connectivity index (χ3v) is 4.86. The van der Waals surface area contributed by atoms with Crippen LogP contribution < -0.4 is 0 Å². The first-order valence-electron chi connectivity index (χ1n) is 8.34. The Labute approximate surface area is 138 Å². The van der Waals surface area contributed by atoms with E-state index in [1.54, 1.807) is 0 Å². The van der Waals surface area contributed by atoms with E-state index in [2.05, 4.69) is 47.4 Å². The molecule has 2 heteroatoms. The van der Waals surface area contributed by atoms with Gasteiger partial charge in [-0.2, -0.15) is 0 Å². The van der Waals surface area contributed by atoms with Gasteiger partial charge < -0.3 is 0 Å². The summed E-state index contributed by atoms with van der Waals surface area (Å²) in [5.41, 5.74) is 2.82. The van der Waals surface area contributed by atoms with Crippen LogP contribution in [0, 0.1) is 0 Å². The molecule has 1 nitrogen and oxygen atoms in total. The van der Waals surface area contributed by atoms with Gasteiger partial charge in [0.1, 0.15) is 0 Å². The van der Waals surface area contributed by atoms with Crippen LogP contribution >= 0.6 is 11.6 Å². The Bertz CT molecular complexity index is 564. The number of likely N-dealkylation sites (tertiary alicyclic amines) is 1. The van der Waals surface area contributed by atoms with Crippen LogP contribution in [0.25, 0.3) is 0 Å². The van der Waals surface area contributed by atoms with E-state index in [4.69, 9.17) is 11.6 Å². The molecule has 0 saturated carbocycles. The summed E-state index contributed by atoms with van der Waals surface area (Å²) >= 11 is 6.01. The fourth-order valence-electron chi connectivity index (χ4n) is 3.39. The minimum atomic E-state index is 0.642. The van der Waals surface area contributed by atoms with E-state index in [1.807, 2.05) is 12.1 Å². The maximum absolute atomic E-state index is 6.01. The molecule has 0 radical (unpaired) electrons. The van der Waals surface area contributed by atoms with Crippen LogP contribution in [0.2, 0.25) is 5.02 Å². The van der Waals surface area contributed by atoms with Gasteiger partial charge in [0, 0.05) is 17.6 Å². The zero-order chi connectivity index (χ0) is 15.2. The predicted molar refractivity (Wildman–Crippen MR) is 94.3 cm³/mol. The maximum Gasteiger partial charge on any atom is 0.0406 e. The van der Waals surface area contributed by atoms with Crippen molar-refractivity contribution in [2.45, 2.75) is 44.7 Å². The van der Waals surface area contributed by atoms with Crippen LogP contribution in [0.4, 0.5) is 0 Å². The normalized spacial score (nSPS) is 19.8. The van der Waals surface area contributed by atoms with Crippen molar-refractivity contribution in [3.8, 4) is 0 Å². The van der Waals surface area contributed by atoms with E-state index in [0.717, 1.165) is 18.0 Å². The van der Waals surface area contributed by atoms with Crippen molar-refractivity contribution >= 4 is 11.6 Å². The lowest BCUT2D eigenvalue weighted by Crippen LogP contribution is -2.35. The molecule has 0 N–H and O–H groups in total. The fourth-order valence-corrected chi connectivity index (χ4v) is 3.51. The number of benzene rings is 2. The minimum absolute atomic E-state index is 0.642. The summed E-state index contributed by atoms with van der Waals surface area (Å²) in [6, 6.07) is 19.9. The summed E-state index contributed by atoms with van der Waals surface area (Å²) in [5, 5.41) is 0.825. The smallest absolute Gasteiger partial charge is 0.0406 e. The van der Waals surface area contributed by atoms with Gasteiger partial charge in [0.25, 0.3) is 0 Å². The molecule has 0 aromatic heterocycles. The summed E-state index contributed by atoms with van der Waals surface area (Å²) in [6.07, 6.45) is 6.47. The summed E-state index contributed by atoms with van der Waals surface area (Å²) in [5.74, 6) is 0. The van der Waals surface area contributed by atoms with E-state index in [-0.39, 0.29) is 0 Å². The molecule has 0 spiro atoms. The fraction of sp³-hybridized carbons (Fsp3) is 0.400. The molecule has 3 rings (SSSR count). The van der Waals surface area contributed by atoms with Crippen LogP contribution in [0.5, 0.6) is 0 Å². The molecule has 0 aliphatic carbocycles. The Morgan fingerprint density at radius 3 is 2.41 bits per heavy atom. The highest BCUT2D eigenvalue weighted by atomic mass is 35.5. The van der Waals surface area contributed by atoms with Gasteiger partial charge in [0.05, 0.1) is 0 Å². The molecule has 2 aromatic rings. The lowest BCUT2D eigenvalue weighted by Gasteiger charge is -2.30. The third-order valence-electron chi connectivity index (χ3n) is 4.61. The second-order valence-corrected chi connectivity index (χ2v) is 6.73. The Kier molecular flexibility index (Phi) is 5.53. The Morgan fingerprint density at radius 2 is 1.64 bits per heavy atom. The summed E-state index contributed by atoms with van der Waals surface area (Å²) in [6.45, 7) is 2.28. The zero-order valence-corrected chi connectivity index (χ0v) is 13.8. The first kappa shape index (κ1) is 15.6. The molecule has 0 amide bonds. The average molecular weight is 314 g/mol. The van der Waals surface area contributed by atoms with Crippen molar-refractivity contribution in [3.63, 3.8) is 0 Å². The van der Waals surface area contributed by atoms with Gasteiger partial charge in [-0.1, -0.05) is 66.9 Å². The second-order valence-electron chi connectivity index (χ2n) is 6.29. The van der Waals surface area contributed by atoms with Crippen LogP contribution in [0.15, 0.2) is 54.6 Å². The van der Waals surface area contributed by atoms with E-state index < -0.39 is 0 Å². The van der Waals surface area contributed by atoms with Crippen molar-refractivity contribution in [3.05, 3.63) is 70.7 Å². The van der Waals surface area contributed by atoms with Crippen molar-refractivity contribution in [2.24, 2.45) is 0 Å². The van der Waals surface area contributed by atoms with Gasteiger partial charge in [0.2, 0.25) is 0 Å². The van der Waals surface area contributed by atoms with Crippen LogP contribution in [0.1, 0.15) is 36.8 Å². The third kappa shape index (κ3) is 4.34. The van der Waals surface area contributed by atoms with Gasteiger partial charge in [-0.05, 0) is 49.1 Å². The highest BCUT2D eigenvalue weighted by molar-refractivity contribution is 6.30. The summed E-state index contributed by atoms with van der Waals surface area (Å²) in [4.78, 5) is 2.68. The molecule has 1 atom stereocenters. The number of rotatable bonds is 4. The summed E-state index contributed by atoms with van der Waals surface area (Å²) in [7, 11) is 0. The molecule has 1 aliphatic heterocycles. The van der Waals surface area contributed by atoms with Gasteiger partial charge in [-0.25, -0.2) is 0 Å². The van der Waals surface area contributed by atoms with Crippen molar-refractivity contribution < 1.29 is 0 Å². The predicted octanol–water partition coefficient (Wildman–Crippen LogP) is 5.33. The van der Waals surface area contributed by atoms with Crippen LogP contribution in [-0.4, -0.2) is 17.5 Å². The van der Waals surface area contributed by atoms with E-state index >= 15 is 0 Å². The van der Waals surface area contributed by atoms with E-state index in [9.17, 15) is 0 Å². The Balaban J connectivity index is 1.71. The topological polar surface area (TPSA) is 3.24 Å². The number of nitrogens with zero attached hydrogens (tertiary/aromatic N) is 1. The first-order chi connectivity index (χ1) is 10.8. The zero-order valence-electron chi connectivity index (χ0n) is 13.0. The lowest BCUT2D eigenvalue weighted by atomic mass is 10.0. The molecule has 0 bridgehead atoms. The standard InChI is InChI=1S/C20H24ClN/c21-19-12-10-17(11-13-19)15-20-9-5-2-6-14-22(20)16-18-7-3-1-4-8-18/h1,3-4,7-8,10-13,20H,2,5-6,9,14-16H2. The van der Waals surface area contributed by atoms with Gasteiger partial charge in [-0.15, -0.1) is 0 Å². The van der Waals surface area contributed by atoms with Gasteiger partial charge in [0.15, 0.2) is 0 Å². The van der Waals surface area contributed by atoms with Crippen molar-refractivity contribution in [2.75, 3.05) is 6.54 Å². The maximum atomic E-state index is 6.01. The molecule has 2 aromatic carbocycles. The van der Waals surface area contributed by atoms with Crippen molar-refractivity contribution in [1.29, 1.82) is 0 Å². The van der Waals surface area contributed by atoms with Gasteiger partial charge >= 0.3 is 0 Å². The average Bonchev–Trinajstić information content (AvgIpc) is 2.76. The Hall–Kier alpha value is -1.31. The quantitative estimate of drug-likeness (QED) is 0.737. The highest BCUT2D eigenvalue weighted by Gasteiger charge is 2.21. The molecule has 1 heterocycles. The van der Waals surface area contributed by atoms with E-state index in [0.29, 0.717) is 6.04 Å². The highest BCUT2D eigenvalue weighted by Crippen LogP contribution is 2.23. The molecule has 1 aliphatic rings. The second kappa shape index (κ2) is 7.80. The molecular weight excluding hydrogens is 290 g/mol. The lowest BCUT2D eigenvalue weighted by molar-refractivity contribution is 0.189. The SMILES string of the molecule is Clc1ccc(CC2CCCCCN2Cc2ccccc2)cc1. The van der Waals surface area contributed by atoms with Crippen molar-refractivity contribution in [1.82, 2.24) is 4.90 Å². The number of hydrogen-bond donors (Lipinski definition) is 0. The monoisotopic (exact) mass is 313 g/mol.